The van der Waals surface area contributed by atoms with Crippen LogP contribution in [0.1, 0.15) is 35.1 Å². The number of nitrogens with zero attached hydrogens (tertiary/aromatic N) is 3. The molecule has 4 aliphatic rings. The number of rotatable bonds is 9. The van der Waals surface area contributed by atoms with Gasteiger partial charge in [-0.05, 0) is 72.6 Å². The largest absolute Gasteiger partial charge is 0.488 e. The minimum atomic E-state index is -0.733. The van der Waals surface area contributed by atoms with Crippen molar-refractivity contribution in [2.24, 2.45) is 11.3 Å². The van der Waals surface area contributed by atoms with E-state index in [1.807, 2.05) is 24.3 Å². The summed E-state index contributed by atoms with van der Waals surface area (Å²) in [6.45, 7) is 7.39. The predicted octanol–water partition coefficient (Wildman–Crippen LogP) is 4.71. The Morgan fingerprint density at radius 1 is 1.17 bits per heavy atom. The van der Waals surface area contributed by atoms with Gasteiger partial charge in [0.05, 0.1) is 30.4 Å². The van der Waals surface area contributed by atoms with E-state index in [1.54, 1.807) is 7.11 Å². The number of anilines is 1. The number of hydrogen-bond donors (Lipinski definition) is 1. The van der Waals surface area contributed by atoms with Crippen LogP contribution in [0.15, 0.2) is 54.6 Å². The summed E-state index contributed by atoms with van der Waals surface area (Å²) >= 11 is 0. The van der Waals surface area contributed by atoms with E-state index in [1.165, 1.54) is 16.7 Å². The SMILES string of the molecule is COC[C@H]1N(c2cccc(-c3cccc(C)c3OCc3ccc4c(c3)CCN(C3CCOC3)C4)n2)C[C@@H]2C[C@@]21C(=O)O. The number of aromatic nitrogens is 1. The fourth-order valence-corrected chi connectivity index (χ4v) is 7.46. The maximum Gasteiger partial charge on any atom is 0.312 e. The number of carbonyl (C=O) groups is 1. The second kappa shape index (κ2) is 11.0. The number of hydrogen-bond acceptors (Lipinski definition) is 7. The average Bonchev–Trinajstić information content (AvgIpc) is 3.32. The van der Waals surface area contributed by atoms with Gasteiger partial charge in [0, 0.05) is 45.0 Å². The number of piperidine rings is 1. The van der Waals surface area contributed by atoms with Crippen molar-refractivity contribution < 1.29 is 24.1 Å². The molecule has 1 saturated carbocycles. The van der Waals surface area contributed by atoms with Crippen LogP contribution in [-0.2, 0) is 33.8 Å². The summed E-state index contributed by atoms with van der Waals surface area (Å²) in [5.41, 5.74) is 6.06. The first kappa shape index (κ1) is 27.4. The van der Waals surface area contributed by atoms with Gasteiger partial charge in [-0.25, -0.2) is 4.98 Å². The number of carboxylic acids is 1. The minimum Gasteiger partial charge on any atom is -0.488 e. The van der Waals surface area contributed by atoms with E-state index in [0.29, 0.717) is 32.2 Å². The second-order valence-corrected chi connectivity index (χ2v) is 12.3. The van der Waals surface area contributed by atoms with Gasteiger partial charge in [0.2, 0.25) is 0 Å². The van der Waals surface area contributed by atoms with E-state index >= 15 is 0 Å². The molecular weight excluding hydrogens is 530 g/mol. The topological polar surface area (TPSA) is 84.4 Å². The van der Waals surface area contributed by atoms with Crippen molar-refractivity contribution >= 4 is 11.8 Å². The Labute approximate surface area is 247 Å². The zero-order valence-corrected chi connectivity index (χ0v) is 24.4. The predicted molar refractivity (Wildman–Crippen MR) is 160 cm³/mol. The van der Waals surface area contributed by atoms with E-state index in [4.69, 9.17) is 19.2 Å². The molecule has 3 fully saturated rings. The molecule has 220 valence electrons. The molecule has 3 aliphatic heterocycles. The van der Waals surface area contributed by atoms with Gasteiger partial charge in [-0.1, -0.05) is 36.4 Å². The van der Waals surface area contributed by atoms with E-state index in [9.17, 15) is 9.90 Å². The number of aliphatic carboxylic acids is 1. The van der Waals surface area contributed by atoms with Gasteiger partial charge in [-0.15, -0.1) is 0 Å². The Morgan fingerprint density at radius 2 is 2.05 bits per heavy atom. The third kappa shape index (κ3) is 4.75. The average molecular weight is 570 g/mol. The normalized spacial score (nSPS) is 26.6. The molecule has 7 rings (SSSR count). The van der Waals surface area contributed by atoms with Crippen LogP contribution in [0, 0.1) is 18.3 Å². The first-order valence-electron chi connectivity index (χ1n) is 15.1. The van der Waals surface area contributed by atoms with Crippen LogP contribution in [0.3, 0.4) is 0 Å². The van der Waals surface area contributed by atoms with Gasteiger partial charge in [-0.3, -0.25) is 9.69 Å². The molecule has 2 saturated heterocycles. The van der Waals surface area contributed by atoms with Crippen molar-refractivity contribution in [3.63, 3.8) is 0 Å². The monoisotopic (exact) mass is 569 g/mol. The number of pyridine rings is 1. The molecule has 0 amide bonds. The standard InChI is InChI=1S/C34H39N3O5/c1-22-5-3-6-28(29-7-4-8-31(35-29)37-18-26-16-34(26,33(38)39)30(37)21-40-2)32(22)42-19-23-9-10-25-17-36(13-11-24(25)15-23)27-12-14-41-20-27/h3-10,15,26-27,30H,11-14,16-21H2,1-2H3,(H,38,39)/t26-,27?,30+,34+/m0/s1. The Bertz CT molecular complexity index is 1490. The Morgan fingerprint density at radius 3 is 2.86 bits per heavy atom. The molecule has 8 nitrogen and oxygen atoms in total. The summed E-state index contributed by atoms with van der Waals surface area (Å²) in [5, 5.41) is 10.0. The van der Waals surface area contributed by atoms with Crippen molar-refractivity contribution in [3.05, 3.63) is 76.9 Å². The quantitative estimate of drug-likeness (QED) is 0.397. The fourth-order valence-electron chi connectivity index (χ4n) is 7.46. The number of fused-ring (bicyclic) bond motifs is 2. The zero-order valence-electron chi connectivity index (χ0n) is 24.4. The zero-order chi connectivity index (χ0) is 28.8. The number of methoxy groups -OCH3 is 1. The van der Waals surface area contributed by atoms with Crippen LogP contribution in [0.5, 0.6) is 5.75 Å². The van der Waals surface area contributed by atoms with Crippen molar-refractivity contribution in [3.8, 4) is 17.0 Å². The van der Waals surface area contributed by atoms with Crippen LogP contribution >= 0.6 is 0 Å². The summed E-state index contributed by atoms with van der Waals surface area (Å²) in [4.78, 5) is 21.9. The summed E-state index contributed by atoms with van der Waals surface area (Å²) in [6, 6.07) is 19.2. The molecule has 3 aromatic rings. The first-order valence-corrected chi connectivity index (χ1v) is 15.1. The number of aryl methyl sites for hydroxylation is 1. The van der Waals surface area contributed by atoms with E-state index in [2.05, 4.69) is 47.1 Å². The molecule has 8 heteroatoms. The lowest BCUT2D eigenvalue weighted by molar-refractivity contribution is -0.144. The third-order valence-electron chi connectivity index (χ3n) is 9.90. The minimum absolute atomic E-state index is 0.134. The van der Waals surface area contributed by atoms with Gasteiger partial charge < -0.3 is 24.2 Å². The molecule has 0 spiro atoms. The Kier molecular flexibility index (Phi) is 7.16. The van der Waals surface area contributed by atoms with Crippen LogP contribution < -0.4 is 9.64 Å². The maximum absolute atomic E-state index is 12.2. The molecule has 0 radical (unpaired) electrons. The highest BCUT2D eigenvalue weighted by atomic mass is 16.5. The fraction of sp³-hybridized carbons (Fsp3) is 0.471. The van der Waals surface area contributed by atoms with Gasteiger partial charge in [0.25, 0.3) is 0 Å². The molecule has 1 N–H and O–H groups in total. The summed E-state index contributed by atoms with van der Waals surface area (Å²) in [6.07, 6.45) is 2.89. The van der Waals surface area contributed by atoms with Crippen LogP contribution in [-0.4, -0.2) is 73.1 Å². The molecule has 1 aromatic heterocycles. The van der Waals surface area contributed by atoms with Crippen molar-refractivity contribution in [1.82, 2.24) is 9.88 Å². The smallest absolute Gasteiger partial charge is 0.312 e. The van der Waals surface area contributed by atoms with Gasteiger partial charge in [-0.2, -0.15) is 0 Å². The molecular formula is C34H39N3O5. The summed E-state index contributed by atoms with van der Waals surface area (Å²) in [5.74, 6) is 1.01. The highest BCUT2D eigenvalue weighted by molar-refractivity contribution is 5.82. The van der Waals surface area contributed by atoms with Crippen molar-refractivity contribution in [2.75, 3.05) is 44.9 Å². The van der Waals surface area contributed by atoms with Crippen LogP contribution in [0.4, 0.5) is 5.82 Å². The first-order chi connectivity index (χ1) is 20.5. The van der Waals surface area contributed by atoms with Crippen LogP contribution in [0.25, 0.3) is 11.3 Å². The number of para-hydroxylation sites is 1. The summed E-state index contributed by atoms with van der Waals surface area (Å²) < 4.78 is 17.6. The lowest BCUT2D eigenvalue weighted by atomic mass is 9.96. The number of benzene rings is 2. The highest BCUT2D eigenvalue weighted by Crippen LogP contribution is 2.62. The lowest BCUT2D eigenvalue weighted by Crippen LogP contribution is -2.43. The van der Waals surface area contributed by atoms with Crippen molar-refractivity contribution in [2.45, 2.75) is 51.4 Å². The molecule has 42 heavy (non-hydrogen) atoms. The second-order valence-electron chi connectivity index (χ2n) is 12.3. The highest BCUT2D eigenvalue weighted by Gasteiger charge is 2.71. The van der Waals surface area contributed by atoms with Crippen LogP contribution in [0.2, 0.25) is 0 Å². The molecule has 4 heterocycles. The molecule has 4 atom stereocenters. The Balaban J connectivity index is 1.10. The maximum atomic E-state index is 12.2. The van der Waals surface area contributed by atoms with Gasteiger partial charge in [0.15, 0.2) is 0 Å². The molecule has 0 bridgehead atoms. The van der Waals surface area contributed by atoms with Crippen molar-refractivity contribution in [1.29, 1.82) is 0 Å². The van der Waals surface area contributed by atoms with E-state index in [-0.39, 0.29) is 12.0 Å². The molecule has 1 aliphatic carbocycles. The Hall–Kier alpha value is -3.46. The van der Waals surface area contributed by atoms with Gasteiger partial charge >= 0.3 is 5.97 Å². The van der Waals surface area contributed by atoms with E-state index in [0.717, 1.165) is 67.5 Å². The number of carboxylic acid groups (broad SMARTS) is 1. The number of ether oxygens (including phenoxy) is 3. The van der Waals surface area contributed by atoms with E-state index < -0.39 is 11.4 Å². The lowest BCUT2D eigenvalue weighted by Gasteiger charge is -2.33. The molecule has 1 unspecified atom stereocenters. The van der Waals surface area contributed by atoms with Gasteiger partial charge in [0.1, 0.15) is 18.2 Å². The third-order valence-corrected chi connectivity index (χ3v) is 9.90. The molecule has 2 aromatic carbocycles. The summed E-state index contributed by atoms with van der Waals surface area (Å²) in [7, 11) is 1.63.